The molecule has 6 nitrogen and oxygen atoms in total. The van der Waals surface area contributed by atoms with Crippen molar-refractivity contribution in [3.8, 4) is 22.8 Å². The number of rotatable bonds is 4. The van der Waals surface area contributed by atoms with Gasteiger partial charge in [0.05, 0.1) is 5.02 Å². The summed E-state index contributed by atoms with van der Waals surface area (Å²) in [7, 11) is 0. The van der Waals surface area contributed by atoms with Gasteiger partial charge in [-0.1, -0.05) is 47.1 Å². The Bertz CT molecular complexity index is 940. The molecule has 1 aliphatic heterocycles. The van der Waals surface area contributed by atoms with Gasteiger partial charge in [-0.15, -0.1) is 0 Å². The molecular weight excluding hydrogens is 356 g/mol. The average Bonchev–Trinajstić information content (AvgIpc) is 3.17. The van der Waals surface area contributed by atoms with Crippen LogP contribution in [0.25, 0.3) is 11.3 Å². The number of halogens is 1. The Labute approximate surface area is 154 Å². The summed E-state index contributed by atoms with van der Waals surface area (Å²) in [6.07, 6.45) is 0. The summed E-state index contributed by atoms with van der Waals surface area (Å²) >= 11 is 6.20. The van der Waals surface area contributed by atoms with Crippen molar-refractivity contribution in [2.75, 3.05) is 13.2 Å². The van der Waals surface area contributed by atoms with Crippen LogP contribution in [0.4, 0.5) is 0 Å². The molecular formula is C19H15ClN2O4. The van der Waals surface area contributed by atoms with Crippen LogP contribution in [-0.4, -0.2) is 24.3 Å². The van der Waals surface area contributed by atoms with E-state index < -0.39 is 0 Å². The van der Waals surface area contributed by atoms with Gasteiger partial charge in [-0.3, -0.25) is 4.79 Å². The van der Waals surface area contributed by atoms with Crippen LogP contribution in [0, 0.1) is 0 Å². The quantitative estimate of drug-likeness (QED) is 0.758. The largest absolute Gasteiger partial charge is 0.486 e. The molecule has 1 aliphatic rings. The summed E-state index contributed by atoms with van der Waals surface area (Å²) < 4.78 is 16.2. The highest BCUT2D eigenvalue weighted by atomic mass is 35.5. The fraction of sp³-hybridized carbons (Fsp3) is 0.158. The van der Waals surface area contributed by atoms with E-state index in [1.54, 1.807) is 18.2 Å². The second kappa shape index (κ2) is 7.09. The third-order valence-corrected chi connectivity index (χ3v) is 4.19. The number of ether oxygens (including phenoxy) is 2. The van der Waals surface area contributed by atoms with Crippen LogP contribution in [0.2, 0.25) is 5.02 Å². The van der Waals surface area contributed by atoms with E-state index in [0.717, 1.165) is 11.1 Å². The predicted molar refractivity (Wildman–Crippen MR) is 95.6 cm³/mol. The maximum absolute atomic E-state index is 12.3. The zero-order valence-corrected chi connectivity index (χ0v) is 14.5. The lowest BCUT2D eigenvalue weighted by atomic mass is 10.1. The van der Waals surface area contributed by atoms with E-state index in [9.17, 15) is 4.79 Å². The molecule has 0 atom stereocenters. The third kappa shape index (κ3) is 3.36. The van der Waals surface area contributed by atoms with E-state index in [0.29, 0.717) is 35.4 Å². The molecule has 0 spiro atoms. The molecule has 0 aliphatic carbocycles. The first-order chi connectivity index (χ1) is 12.7. The minimum atomic E-state index is -0.356. The van der Waals surface area contributed by atoms with Crippen molar-refractivity contribution in [2.24, 2.45) is 0 Å². The first kappa shape index (κ1) is 16.5. The fourth-order valence-corrected chi connectivity index (χ4v) is 2.95. The molecule has 3 aromatic rings. The first-order valence-corrected chi connectivity index (χ1v) is 8.47. The number of fused-ring (bicyclic) bond motifs is 1. The van der Waals surface area contributed by atoms with Gasteiger partial charge in [0.2, 0.25) is 5.76 Å². The number of carbonyl (C=O) groups is 1. The van der Waals surface area contributed by atoms with Gasteiger partial charge in [0.25, 0.3) is 5.91 Å². The van der Waals surface area contributed by atoms with Crippen LogP contribution >= 0.6 is 11.6 Å². The Morgan fingerprint density at radius 2 is 1.92 bits per heavy atom. The predicted octanol–water partition coefficient (Wildman–Crippen LogP) is 3.70. The summed E-state index contributed by atoms with van der Waals surface area (Å²) in [5, 5.41) is 7.18. The Morgan fingerprint density at radius 1 is 1.12 bits per heavy atom. The maximum Gasteiger partial charge on any atom is 0.290 e. The molecule has 2 heterocycles. The monoisotopic (exact) mass is 370 g/mol. The van der Waals surface area contributed by atoms with Crippen LogP contribution in [-0.2, 0) is 6.54 Å². The molecule has 132 valence electrons. The van der Waals surface area contributed by atoms with Crippen LogP contribution in [0.5, 0.6) is 11.5 Å². The van der Waals surface area contributed by atoms with E-state index in [4.69, 9.17) is 25.6 Å². The number of benzene rings is 2. The molecule has 0 radical (unpaired) electrons. The van der Waals surface area contributed by atoms with E-state index in [2.05, 4.69) is 10.5 Å². The Balaban J connectivity index is 1.45. The second-order valence-corrected chi connectivity index (χ2v) is 6.13. The van der Waals surface area contributed by atoms with Crippen LogP contribution in [0.1, 0.15) is 16.1 Å². The zero-order valence-electron chi connectivity index (χ0n) is 13.7. The molecule has 4 rings (SSSR count). The molecule has 0 bridgehead atoms. The molecule has 26 heavy (non-hydrogen) atoms. The smallest absolute Gasteiger partial charge is 0.290 e. The van der Waals surface area contributed by atoms with Crippen LogP contribution < -0.4 is 14.8 Å². The molecule has 0 saturated heterocycles. The fourth-order valence-electron chi connectivity index (χ4n) is 2.66. The van der Waals surface area contributed by atoms with E-state index in [1.807, 2.05) is 30.3 Å². The van der Waals surface area contributed by atoms with Gasteiger partial charge in [-0.2, -0.15) is 0 Å². The highest BCUT2D eigenvalue weighted by molar-refractivity contribution is 6.32. The molecule has 1 amide bonds. The first-order valence-electron chi connectivity index (χ1n) is 8.09. The highest BCUT2D eigenvalue weighted by Crippen LogP contribution is 2.38. The summed E-state index contributed by atoms with van der Waals surface area (Å²) in [5.74, 6) is 0.910. The number of carbonyl (C=O) groups excluding carboxylic acids is 1. The molecule has 1 aromatic heterocycles. The maximum atomic E-state index is 12.3. The van der Waals surface area contributed by atoms with Crippen LogP contribution in [0.3, 0.4) is 0 Å². The van der Waals surface area contributed by atoms with Gasteiger partial charge in [0.1, 0.15) is 18.9 Å². The van der Waals surface area contributed by atoms with Gasteiger partial charge in [-0.25, -0.2) is 0 Å². The Hall–Kier alpha value is -2.99. The van der Waals surface area contributed by atoms with Crippen molar-refractivity contribution in [3.05, 3.63) is 64.9 Å². The van der Waals surface area contributed by atoms with E-state index in [-0.39, 0.29) is 18.2 Å². The van der Waals surface area contributed by atoms with Gasteiger partial charge in [0, 0.05) is 18.2 Å². The number of nitrogens with zero attached hydrogens (tertiary/aromatic N) is 1. The zero-order chi connectivity index (χ0) is 17.9. The molecule has 0 saturated carbocycles. The van der Waals surface area contributed by atoms with Gasteiger partial charge >= 0.3 is 0 Å². The average molecular weight is 371 g/mol. The summed E-state index contributed by atoms with van der Waals surface area (Å²) in [6.45, 7) is 1.22. The minimum absolute atomic E-state index is 0.146. The third-order valence-electron chi connectivity index (χ3n) is 3.91. The lowest BCUT2D eigenvalue weighted by Crippen LogP contribution is -2.22. The summed E-state index contributed by atoms with van der Waals surface area (Å²) in [5.41, 5.74) is 2.29. The van der Waals surface area contributed by atoms with Crippen LogP contribution in [0.15, 0.2) is 53.1 Å². The summed E-state index contributed by atoms with van der Waals surface area (Å²) in [6, 6.07) is 14.7. The Morgan fingerprint density at radius 3 is 2.77 bits per heavy atom. The minimum Gasteiger partial charge on any atom is -0.486 e. The Kier molecular flexibility index (Phi) is 4.50. The molecule has 7 heteroatoms. The molecule has 0 fully saturated rings. The van der Waals surface area contributed by atoms with Crippen molar-refractivity contribution in [2.45, 2.75) is 6.54 Å². The van der Waals surface area contributed by atoms with Crippen molar-refractivity contribution < 1.29 is 18.8 Å². The number of nitrogens with one attached hydrogen (secondary N) is 1. The normalized spacial score (nSPS) is 12.7. The van der Waals surface area contributed by atoms with E-state index in [1.165, 1.54) is 0 Å². The molecule has 2 aromatic carbocycles. The second-order valence-electron chi connectivity index (χ2n) is 5.73. The lowest BCUT2D eigenvalue weighted by molar-refractivity contribution is 0.0914. The van der Waals surface area contributed by atoms with Gasteiger partial charge in [-0.05, 0) is 17.7 Å². The number of hydrogen-bond acceptors (Lipinski definition) is 5. The lowest BCUT2D eigenvalue weighted by Gasteiger charge is -2.20. The highest BCUT2D eigenvalue weighted by Gasteiger charge is 2.18. The summed E-state index contributed by atoms with van der Waals surface area (Å²) in [4.78, 5) is 12.3. The van der Waals surface area contributed by atoms with Gasteiger partial charge in [0.15, 0.2) is 11.5 Å². The molecule has 0 unspecified atom stereocenters. The van der Waals surface area contributed by atoms with Crippen molar-refractivity contribution in [1.82, 2.24) is 10.5 Å². The number of amides is 1. The molecule has 1 N–H and O–H groups in total. The van der Waals surface area contributed by atoms with Crippen molar-refractivity contribution in [3.63, 3.8) is 0 Å². The number of hydrogen-bond donors (Lipinski definition) is 1. The van der Waals surface area contributed by atoms with Crippen molar-refractivity contribution in [1.29, 1.82) is 0 Å². The number of aromatic nitrogens is 1. The standard InChI is InChI=1S/C19H15ClN2O4/c20-14-8-12(9-16-18(14)25-7-6-24-16)11-21-19(23)17-10-15(22-26-17)13-4-2-1-3-5-13/h1-5,8-10H,6-7,11H2,(H,21,23). The SMILES string of the molecule is O=C(NCc1cc(Cl)c2c(c1)OCCO2)c1cc(-c2ccccc2)no1. The van der Waals surface area contributed by atoms with Gasteiger partial charge < -0.3 is 19.3 Å². The topological polar surface area (TPSA) is 73.6 Å². The van der Waals surface area contributed by atoms with E-state index >= 15 is 0 Å². The van der Waals surface area contributed by atoms with Crippen molar-refractivity contribution >= 4 is 17.5 Å².